The van der Waals surface area contributed by atoms with Crippen LogP contribution in [0, 0.1) is 0 Å². The second kappa shape index (κ2) is 4.52. The summed E-state index contributed by atoms with van der Waals surface area (Å²) in [5, 5.41) is 0. The van der Waals surface area contributed by atoms with Crippen LogP contribution >= 0.6 is 0 Å². The Morgan fingerprint density at radius 2 is 2.14 bits per heavy atom. The summed E-state index contributed by atoms with van der Waals surface area (Å²) >= 11 is 0. The third-order valence-electron chi connectivity index (χ3n) is 1.68. The van der Waals surface area contributed by atoms with E-state index in [2.05, 4.69) is 14.7 Å². The molecule has 0 unspecified atom stereocenters. The summed E-state index contributed by atoms with van der Waals surface area (Å²) in [6, 6.07) is -0.688. The molecule has 1 aromatic heterocycles. The summed E-state index contributed by atoms with van der Waals surface area (Å²) in [5.74, 6) is -0.262. The smallest absolute Gasteiger partial charge is 0.322 e. The Hall–Kier alpha value is -1.69. The van der Waals surface area contributed by atoms with Crippen LogP contribution in [-0.4, -0.2) is 29.1 Å². The third-order valence-corrected chi connectivity index (χ3v) is 1.68. The molecule has 6 nitrogen and oxygen atoms in total. The number of methoxy groups -OCH3 is 1. The second-order valence-corrected chi connectivity index (χ2v) is 2.78. The van der Waals surface area contributed by atoms with E-state index < -0.39 is 12.0 Å². The molecule has 0 spiro atoms. The van der Waals surface area contributed by atoms with Gasteiger partial charge in [-0.2, -0.15) is 0 Å². The molecule has 0 amide bonds. The molecule has 0 bridgehead atoms. The molecule has 0 radical (unpaired) electrons. The van der Waals surface area contributed by atoms with Crippen molar-refractivity contribution in [3.8, 4) is 0 Å². The molecule has 0 aliphatic rings. The van der Waals surface area contributed by atoms with Gasteiger partial charge in [0.05, 0.1) is 7.11 Å². The van der Waals surface area contributed by atoms with E-state index in [4.69, 9.17) is 11.5 Å². The molecule has 4 N–H and O–H groups in total. The van der Waals surface area contributed by atoms with Gasteiger partial charge in [0, 0.05) is 18.8 Å². The van der Waals surface area contributed by atoms with Gasteiger partial charge in [-0.25, -0.2) is 9.97 Å². The number of ether oxygens (including phenoxy) is 1. The fourth-order valence-corrected chi connectivity index (χ4v) is 0.959. The van der Waals surface area contributed by atoms with Gasteiger partial charge in [0.15, 0.2) is 0 Å². The maximum atomic E-state index is 11.0. The van der Waals surface area contributed by atoms with Crippen LogP contribution in [0.4, 0.5) is 5.95 Å². The van der Waals surface area contributed by atoms with Crippen molar-refractivity contribution < 1.29 is 9.53 Å². The summed E-state index contributed by atoms with van der Waals surface area (Å²) in [5.41, 5.74) is 11.6. The summed E-state index contributed by atoms with van der Waals surface area (Å²) in [6.07, 6.45) is 3.41. The zero-order valence-corrected chi connectivity index (χ0v) is 7.80. The van der Waals surface area contributed by atoms with Gasteiger partial charge in [-0.15, -0.1) is 0 Å². The lowest BCUT2D eigenvalue weighted by atomic mass is 10.1. The van der Waals surface area contributed by atoms with Gasteiger partial charge in [0.1, 0.15) is 6.04 Å². The van der Waals surface area contributed by atoms with Crippen LogP contribution in [0.5, 0.6) is 0 Å². The number of aromatic nitrogens is 2. The molecular formula is C8H12N4O2. The molecule has 0 saturated carbocycles. The van der Waals surface area contributed by atoms with Crippen molar-refractivity contribution in [2.45, 2.75) is 12.5 Å². The van der Waals surface area contributed by atoms with E-state index in [1.165, 1.54) is 19.5 Å². The summed E-state index contributed by atoms with van der Waals surface area (Å²) in [4.78, 5) is 18.5. The number of esters is 1. The number of nitrogen functional groups attached to an aromatic ring is 1. The number of hydrogen-bond donors (Lipinski definition) is 2. The molecule has 1 aromatic rings. The average molecular weight is 196 g/mol. The first-order chi connectivity index (χ1) is 6.63. The fraction of sp³-hybridized carbons (Fsp3) is 0.375. The van der Waals surface area contributed by atoms with Crippen LogP contribution in [0.25, 0.3) is 0 Å². The van der Waals surface area contributed by atoms with Gasteiger partial charge in [-0.1, -0.05) is 0 Å². The Balaban J connectivity index is 2.60. The average Bonchev–Trinajstić information content (AvgIpc) is 2.20. The fourth-order valence-electron chi connectivity index (χ4n) is 0.959. The number of carbonyl (C=O) groups is 1. The van der Waals surface area contributed by atoms with Gasteiger partial charge >= 0.3 is 5.97 Å². The number of anilines is 1. The quantitative estimate of drug-likeness (QED) is 0.607. The number of hydrogen-bond acceptors (Lipinski definition) is 6. The lowest BCUT2D eigenvalue weighted by Crippen LogP contribution is -2.33. The molecule has 0 saturated heterocycles. The molecule has 1 rings (SSSR count). The zero-order chi connectivity index (χ0) is 10.6. The summed E-state index contributed by atoms with van der Waals surface area (Å²) in [7, 11) is 1.29. The van der Waals surface area contributed by atoms with Crippen LogP contribution < -0.4 is 11.5 Å². The van der Waals surface area contributed by atoms with E-state index in [9.17, 15) is 4.79 Å². The highest BCUT2D eigenvalue weighted by Crippen LogP contribution is 2.01. The number of nitrogens with zero attached hydrogens (tertiary/aromatic N) is 2. The van der Waals surface area contributed by atoms with Gasteiger partial charge in [-0.3, -0.25) is 4.79 Å². The van der Waals surface area contributed by atoms with Crippen molar-refractivity contribution in [2.24, 2.45) is 5.73 Å². The van der Waals surface area contributed by atoms with Crippen molar-refractivity contribution in [1.29, 1.82) is 0 Å². The standard InChI is InChI=1S/C8H12N4O2/c1-14-7(13)6(9)2-5-3-11-8(10)12-4-5/h3-4,6H,2,9H2,1H3,(H2,10,11,12)/t6-/m1/s1. The Bertz CT molecular complexity index is 312. The Morgan fingerprint density at radius 3 is 2.64 bits per heavy atom. The molecule has 0 fully saturated rings. The molecule has 1 heterocycles. The van der Waals surface area contributed by atoms with Gasteiger partial charge in [-0.05, 0) is 5.56 Å². The number of nitrogens with two attached hydrogens (primary N) is 2. The van der Waals surface area contributed by atoms with Crippen LogP contribution in [-0.2, 0) is 16.0 Å². The lowest BCUT2D eigenvalue weighted by molar-refractivity contribution is -0.142. The molecule has 0 aliphatic carbocycles. The van der Waals surface area contributed by atoms with E-state index in [1.54, 1.807) is 0 Å². The number of rotatable bonds is 3. The first-order valence-corrected chi connectivity index (χ1v) is 4.03. The van der Waals surface area contributed by atoms with Crippen molar-refractivity contribution in [3.05, 3.63) is 18.0 Å². The maximum absolute atomic E-state index is 11.0. The van der Waals surface area contributed by atoms with Crippen LogP contribution in [0.1, 0.15) is 5.56 Å². The zero-order valence-electron chi connectivity index (χ0n) is 7.80. The van der Waals surface area contributed by atoms with E-state index in [0.717, 1.165) is 5.56 Å². The maximum Gasteiger partial charge on any atom is 0.322 e. The third kappa shape index (κ3) is 2.67. The van der Waals surface area contributed by atoms with Crippen molar-refractivity contribution in [3.63, 3.8) is 0 Å². The van der Waals surface area contributed by atoms with Crippen molar-refractivity contribution in [1.82, 2.24) is 9.97 Å². The summed E-state index contributed by atoms with van der Waals surface area (Å²) in [6.45, 7) is 0. The van der Waals surface area contributed by atoms with Gasteiger partial charge in [0.2, 0.25) is 5.95 Å². The van der Waals surface area contributed by atoms with Crippen LogP contribution in [0.15, 0.2) is 12.4 Å². The van der Waals surface area contributed by atoms with Crippen LogP contribution in [0.3, 0.4) is 0 Å². The molecule has 14 heavy (non-hydrogen) atoms. The first kappa shape index (κ1) is 10.4. The molecule has 6 heteroatoms. The Morgan fingerprint density at radius 1 is 1.57 bits per heavy atom. The largest absolute Gasteiger partial charge is 0.468 e. The monoisotopic (exact) mass is 196 g/mol. The first-order valence-electron chi connectivity index (χ1n) is 4.03. The lowest BCUT2D eigenvalue weighted by Gasteiger charge is -2.08. The highest BCUT2D eigenvalue weighted by atomic mass is 16.5. The molecule has 1 atom stereocenters. The normalized spacial score (nSPS) is 12.1. The van der Waals surface area contributed by atoms with E-state index >= 15 is 0 Å². The number of carbonyl (C=O) groups excluding carboxylic acids is 1. The molecule has 0 aliphatic heterocycles. The topological polar surface area (TPSA) is 104 Å². The van der Waals surface area contributed by atoms with Crippen LogP contribution in [0.2, 0.25) is 0 Å². The van der Waals surface area contributed by atoms with E-state index in [0.29, 0.717) is 6.42 Å². The Labute approximate surface area is 81.3 Å². The van der Waals surface area contributed by atoms with Gasteiger partial charge < -0.3 is 16.2 Å². The predicted molar refractivity (Wildman–Crippen MR) is 50.1 cm³/mol. The highest BCUT2D eigenvalue weighted by molar-refractivity contribution is 5.75. The Kier molecular flexibility index (Phi) is 3.35. The highest BCUT2D eigenvalue weighted by Gasteiger charge is 2.14. The minimum absolute atomic E-state index is 0.195. The predicted octanol–water partition coefficient (Wildman–Crippen LogP) is -0.898. The summed E-state index contributed by atoms with van der Waals surface area (Å²) < 4.78 is 4.48. The van der Waals surface area contributed by atoms with E-state index in [1.807, 2.05) is 0 Å². The molecular weight excluding hydrogens is 184 g/mol. The SMILES string of the molecule is COC(=O)[C@H](N)Cc1cnc(N)nc1. The van der Waals surface area contributed by atoms with Gasteiger partial charge in [0.25, 0.3) is 0 Å². The molecule has 76 valence electrons. The minimum Gasteiger partial charge on any atom is -0.468 e. The minimum atomic E-state index is -0.688. The second-order valence-electron chi connectivity index (χ2n) is 2.78. The van der Waals surface area contributed by atoms with Crippen molar-refractivity contribution in [2.75, 3.05) is 12.8 Å². The van der Waals surface area contributed by atoms with Crippen molar-refractivity contribution >= 4 is 11.9 Å². The molecule has 0 aromatic carbocycles. The van der Waals surface area contributed by atoms with E-state index in [-0.39, 0.29) is 5.95 Å².